The average molecular weight is 356 g/mol. The molecule has 3 rings (SSSR count). The summed E-state index contributed by atoms with van der Waals surface area (Å²) in [4.78, 5) is 26.4. The number of rotatable bonds is 7. The Morgan fingerprint density at radius 3 is 2.88 bits per heavy atom. The lowest BCUT2D eigenvalue weighted by molar-refractivity contribution is -0.122. The smallest absolute Gasteiger partial charge is 0.220 e. The molecule has 3 heterocycles. The number of hydrogen-bond donors (Lipinski definition) is 2. The van der Waals surface area contributed by atoms with Gasteiger partial charge >= 0.3 is 0 Å². The summed E-state index contributed by atoms with van der Waals surface area (Å²) in [5.74, 6) is 1.94. The number of carbonyl (C=O) groups excluding carboxylic acids is 1. The minimum atomic E-state index is -0.207. The van der Waals surface area contributed by atoms with E-state index in [9.17, 15) is 4.79 Å². The van der Waals surface area contributed by atoms with Crippen molar-refractivity contribution in [2.45, 2.75) is 26.3 Å². The molecule has 8 heteroatoms. The summed E-state index contributed by atoms with van der Waals surface area (Å²) in [6, 6.07) is 5.74. The summed E-state index contributed by atoms with van der Waals surface area (Å²) in [7, 11) is 0. The van der Waals surface area contributed by atoms with E-state index >= 15 is 0 Å². The molecule has 0 saturated carbocycles. The van der Waals surface area contributed by atoms with Crippen LogP contribution in [0.1, 0.15) is 25.3 Å². The van der Waals surface area contributed by atoms with Gasteiger partial charge in [0.25, 0.3) is 0 Å². The Labute approximate surface area is 152 Å². The standard InChI is InChI=1S/C18H24N6O2/c1-2-26-16-10-15(22-12-23-16)21-11-14-4-3-7-20-18(14)24-8-5-13(6-9-24)17(19)25/h3-4,7,10,12-13H,2,5-6,8-9,11H2,1H3,(H2,19,25)(H,21,22,23). The minimum absolute atomic E-state index is 0.0328. The lowest BCUT2D eigenvalue weighted by Crippen LogP contribution is -2.39. The van der Waals surface area contributed by atoms with Gasteiger partial charge in [-0.1, -0.05) is 6.07 Å². The van der Waals surface area contributed by atoms with Gasteiger partial charge in [0.05, 0.1) is 6.61 Å². The highest BCUT2D eigenvalue weighted by molar-refractivity contribution is 5.77. The molecular formula is C18H24N6O2. The number of ether oxygens (including phenoxy) is 1. The van der Waals surface area contributed by atoms with Crippen LogP contribution in [0.3, 0.4) is 0 Å². The van der Waals surface area contributed by atoms with Crippen molar-refractivity contribution in [2.24, 2.45) is 11.7 Å². The van der Waals surface area contributed by atoms with Crippen molar-refractivity contribution in [3.05, 3.63) is 36.3 Å². The highest BCUT2D eigenvalue weighted by Gasteiger charge is 2.24. The fourth-order valence-corrected chi connectivity index (χ4v) is 3.08. The highest BCUT2D eigenvalue weighted by Crippen LogP contribution is 2.25. The van der Waals surface area contributed by atoms with Crippen LogP contribution in [0, 0.1) is 5.92 Å². The van der Waals surface area contributed by atoms with Gasteiger partial charge < -0.3 is 20.7 Å². The van der Waals surface area contributed by atoms with Crippen LogP contribution in [0.25, 0.3) is 0 Å². The third kappa shape index (κ3) is 4.38. The number of amides is 1. The van der Waals surface area contributed by atoms with E-state index in [1.165, 1.54) is 6.33 Å². The van der Waals surface area contributed by atoms with Crippen LogP contribution in [0.5, 0.6) is 5.88 Å². The number of primary amides is 1. The molecule has 8 nitrogen and oxygen atoms in total. The summed E-state index contributed by atoms with van der Waals surface area (Å²) in [6.07, 6.45) is 4.80. The molecule has 1 aliphatic rings. The third-order valence-corrected chi connectivity index (χ3v) is 4.46. The van der Waals surface area contributed by atoms with Crippen molar-refractivity contribution in [3.8, 4) is 5.88 Å². The molecule has 1 aliphatic heterocycles. The molecule has 0 aromatic carbocycles. The van der Waals surface area contributed by atoms with E-state index in [2.05, 4.69) is 25.2 Å². The number of hydrogen-bond acceptors (Lipinski definition) is 7. The van der Waals surface area contributed by atoms with Gasteiger partial charge in [-0.3, -0.25) is 4.79 Å². The Hall–Kier alpha value is -2.90. The molecule has 1 saturated heterocycles. The van der Waals surface area contributed by atoms with Crippen LogP contribution >= 0.6 is 0 Å². The van der Waals surface area contributed by atoms with Gasteiger partial charge in [0.15, 0.2) is 0 Å². The molecule has 0 spiro atoms. The van der Waals surface area contributed by atoms with Crippen molar-refractivity contribution in [3.63, 3.8) is 0 Å². The molecule has 0 aliphatic carbocycles. The topological polar surface area (TPSA) is 106 Å². The van der Waals surface area contributed by atoms with E-state index in [-0.39, 0.29) is 11.8 Å². The first kappa shape index (κ1) is 17.9. The summed E-state index contributed by atoms with van der Waals surface area (Å²) in [5, 5.41) is 3.29. The summed E-state index contributed by atoms with van der Waals surface area (Å²) in [6.45, 7) is 4.61. The molecule has 2 aromatic rings. The van der Waals surface area contributed by atoms with E-state index in [0.717, 1.165) is 37.3 Å². The number of carbonyl (C=O) groups is 1. The number of piperidine rings is 1. The van der Waals surface area contributed by atoms with Crippen LogP contribution in [0.2, 0.25) is 0 Å². The SMILES string of the molecule is CCOc1cc(NCc2cccnc2N2CCC(C(N)=O)CC2)ncn1. The minimum Gasteiger partial charge on any atom is -0.478 e. The monoisotopic (exact) mass is 356 g/mol. The molecule has 0 bridgehead atoms. The normalized spacial score (nSPS) is 14.9. The Kier molecular flexibility index (Phi) is 5.83. The third-order valence-electron chi connectivity index (χ3n) is 4.46. The fraction of sp³-hybridized carbons (Fsp3) is 0.444. The van der Waals surface area contributed by atoms with Gasteiger partial charge in [0, 0.05) is 43.4 Å². The predicted octanol–water partition coefficient (Wildman–Crippen LogP) is 1.58. The van der Waals surface area contributed by atoms with Crippen molar-refractivity contribution in [1.29, 1.82) is 0 Å². The molecular weight excluding hydrogens is 332 g/mol. The Morgan fingerprint density at radius 2 is 2.15 bits per heavy atom. The van der Waals surface area contributed by atoms with E-state index < -0.39 is 0 Å². The van der Waals surface area contributed by atoms with Gasteiger partial charge in [-0.15, -0.1) is 0 Å². The van der Waals surface area contributed by atoms with Crippen LogP contribution in [0.4, 0.5) is 11.6 Å². The van der Waals surface area contributed by atoms with Gasteiger partial charge in [-0.2, -0.15) is 0 Å². The lowest BCUT2D eigenvalue weighted by atomic mass is 9.96. The maximum absolute atomic E-state index is 11.4. The Bertz CT molecular complexity index is 746. The molecule has 2 aromatic heterocycles. The first-order chi connectivity index (χ1) is 12.7. The molecule has 0 radical (unpaired) electrons. The molecule has 138 valence electrons. The number of nitrogens with two attached hydrogens (primary N) is 1. The van der Waals surface area contributed by atoms with Gasteiger partial charge in [-0.05, 0) is 25.8 Å². The molecule has 3 N–H and O–H groups in total. The van der Waals surface area contributed by atoms with Crippen LogP contribution in [-0.2, 0) is 11.3 Å². The van der Waals surface area contributed by atoms with Crippen molar-refractivity contribution in [1.82, 2.24) is 15.0 Å². The maximum atomic E-state index is 11.4. The first-order valence-corrected chi connectivity index (χ1v) is 8.84. The van der Waals surface area contributed by atoms with Crippen LogP contribution in [-0.4, -0.2) is 40.6 Å². The second-order valence-electron chi connectivity index (χ2n) is 6.18. The predicted molar refractivity (Wildman–Crippen MR) is 98.9 cm³/mol. The van der Waals surface area contributed by atoms with Crippen LogP contribution < -0.4 is 20.7 Å². The Morgan fingerprint density at radius 1 is 1.35 bits per heavy atom. The van der Waals surface area contributed by atoms with E-state index in [4.69, 9.17) is 10.5 Å². The van der Waals surface area contributed by atoms with Gasteiger partial charge in [0.2, 0.25) is 11.8 Å². The van der Waals surface area contributed by atoms with E-state index in [1.54, 1.807) is 12.3 Å². The molecule has 0 atom stereocenters. The molecule has 0 unspecified atom stereocenters. The number of nitrogens with zero attached hydrogens (tertiary/aromatic N) is 4. The second kappa shape index (κ2) is 8.46. The van der Waals surface area contributed by atoms with Crippen molar-refractivity contribution in [2.75, 3.05) is 29.9 Å². The quantitative estimate of drug-likeness (QED) is 0.776. The fourth-order valence-electron chi connectivity index (χ4n) is 3.08. The largest absolute Gasteiger partial charge is 0.478 e. The van der Waals surface area contributed by atoms with E-state index in [1.807, 2.05) is 19.1 Å². The number of pyridine rings is 1. The number of nitrogens with one attached hydrogen (secondary N) is 1. The second-order valence-corrected chi connectivity index (χ2v) is 6.18. The van der Waals surface area contributed by atoms with Gasteiger partial charge in [0.1, 0.15) is 18.0 Å². The van der Waals surface area contributed by atoms with E-state index in [0.29, 0.717) is 24.8 Å². The van der Waals surface area contributed by atoms with Crippen LogP contribution in [0.15, 0.2) is 30.7 Å². The maximum Gasteiger partial charge on any atom is 0.220 e. The highest BCUT2D eigenvalue weighted by atomic mass is 16.5. The zero-order valence-electron chi connectivity index (χ0n) is 14.9. The molecule has 1 amide bonds. The van der Waals surface area contributed by atoms with Crippen molar-refractivity contribution >= 4 is 17.5 Å². The zero-order valence-corrected chi connectivity index (χ0v) is 14.9. The zero-order chi connectivity index (χ0) is 18.4. The number of aromatic nitrogens is 3. The molecule has 26 heavy (non-hydrogen) atoms. The first-order valence-electron chi connectivity index (χ1n) is 8.84. The van der Waals surface area contributed by atoms with Crippen molar-refractivity contribution < 1.29 is 9.53 Å². The molecule has 1 fully saturated rings. The number of anilines is 2. The average Bonchev–Trinajstić information content (AvgIpc) is 2.67. The summed E-state index contributed by atoms with van der Waals surface area (Å²) in [5.41, 5.74) is 6.49. The van der Waals surface area contributed by atoms with Gasteiger partial charge in [-0.25, -0.2) is 15.0 Å². The summed E-state index contributed by atoms with van der Waals surface area (Å²) >= 11 is 0. The summed E-state index contributed by atoms with van der Waals surface area (Å²) < 4.78 is 5.40. The Balaban J connectivity index is 1.66. The lowest BCUT2D eigenvalue weighted by Gasteiger charge is -2.32.